The first-order valence-corrected chi connectivity index (χ1v) is 11.8. The van der Waals surface area contributed by atoms with E-state index in [1.807, 2.05) is 42.5 Å². The van der Waals surface area contributed by atoms with Crippen LogP contribution in [0.3, 0.4) is 0 Å². The van der Waals surface area contributed by atoms with Crippen LogP contribution in [0.1, 0.15) is 50.7 Å². The molecule has 6 nitrogen and oxygen atoms in total. The van der Waals surface area contributed by atoms with E-state index in [1.165, 1.54) is 5.56 Å². The van der Waals surface area contributed by atoms with E-state index < -0.39 is 5.97 Å². The lowest BCUT2D eigenvalue weighted by atomic mass is 9.68. The molecule has 1 saturated heterocycles. The molecule has 1 heterocycles. The number of carbonyl (C=O) groups is 2. The number of nitrogens with one attached hydrogen (secondary N) is 1. The summed E-state index contributed by atoms with van der Waals surface area (Å²) >= 11 is 0. The van der Waals surface area contributed by atoms with Crippen LogP contribution in [-0.2, 0) is 19.7 Å². The molecule has 3 rings (SSSR count). The molecule has 7 heteroatoms. The standard InChI is InChI=1S/C27H36N2O4.ClH/c1-4-33-25(31)18-28-26(32)24(21-9-6-5-7-10-21)13-15-29-16-14-27(3,20(2)19-29)22-11-8-12-23(30)17-22;/h5-12,17,20,24,30H,4,13-16,18-19H2,1-3H3,(H,28,32);1H. The van der Waals surface area contributed by atoms with E-state index >= 15 is 0 Å². The van der Waals surface area contributed by atoms with Gasteiger partial charge in [0.1, 0.15) is 12.3 Å². The highest BCUT2D eigenvalue weighted by molar-refractivity contribution is 5.87. The summed E-state index contributed by atoms with van der Waals surface area (Å²) < 4.78 is 4.93. The highest BCUT2D eigenvalue weighted by atomic mass is 35.5. The molecule has 2 N–H and O–H groups in total. The van der Waals surface area contributed by atoms with E-state index in [-0.39, 0.29) is 36.2 Å². The first kappa shape index (κ1) is 27.7. The lowest BCUT2D eigenvalue weighted by molar-refractivity contribution is -0.143. The fourth-order valence-corrected chi connectivity index (χ4v) is 4.75. The molecule has 186 valence electrons. The highest BCUT2D eigenvalue weighted by Crippen LogP contribution is 2.40. The Kier molecular flexibility index (Phi) is 10.4. The Balaban J connectivity index is 0.00000408. The lowest BCUT2D eigenvalue weighted by Gasteiger charge is -2.45. The predicted octanol–water partition coefficient (Wildman–Crippen LogP) is 4.27. The van der Waals surface area contributed by atoms with Crippen molar-refractivity contribution in [3.05, 3.63) is 65.7 Å². The zero-order valence-corrected chi connectivity index (χ0v) is 21.1. The van der Waals surface area contributed by atoms with Gasteiger partial charge in [0.2, 0.25) is 5.91 Å². The summed E-state index contributed by atoms with van der Waals surface area (Å²) in [7, 11) is 0. The second-order valence-electron chi connectivity index (χ2n) is 9.19. The fraction of sp³-hybridized carbons (Fsp3) is 0.481. The first-order chi connectivity index (χ1) is 15.8. The lowest BCUT2D eigenvalue weighted by Crippen LogP contribution is -2.48. The third kappa shape index (κ3) is 6.97. The maximum Gasteiger partial charge on any atom is 0.325 e. The minimum Gasteiger partial charge on any atom is -0.508 e. The second-order valence-corrected chi connectivity index (χ2v) is 9.19. The summed E-state index contributed by atoms with van der Waals surface area (Å²) in [6, 6.07) is 17.3. The minimum atomic E-state index is -0.422. The van der Waals surface area contributed by atoms with Crippen molar-refractivity contribution in [3.63, 3.8) is 0 Å². The van der Waals surface area contributed by atoms with Crippen molar-refractivity contribution in [3.8, 4) is 5.75 Å². The van der Waals surface area contributed by atoms with Crippen molar-refractivity contribution in [1.29, 1.82) is 0 Å². The number of amides is 1. The molecule has 1 aliphatic rings. The molecule has 2 aromatic rings. The summed E-state index contributed by atoms with van der Waals surface area (Å²) in [6.45, 7) is 9.13. The Morgan fingerprint density at radius 2 is 1.94 bits per heavy atom. The molecule has 0 aromatic heterocycles. The van der Waals surface area contributed by atoms with Gasteiger partial charge in [-0.05, 0) is 67.4 Å². The molecule has 34 heavy (non-hydrogen) atoms. The van der Waals surface area contributed by atoms with Gasteiger partial charge in [0.15, 0.2) is 0 Å². The summed E-state index contributed by atoms with van der Waals surface area (Å²) in [5.74, 6) is -0.184. The van der Waals surface area contributed by atoms with Crippen LogP contribution in [0.2, 0.25) is 0 Å². The van der Waals surface area contributed by atoms with Crippen molar-refractivity contribution < 1.29 is 19.4 Å². The number of halogens is 1. The number of hydrogen-bond acceptors (Lipinski definition) is 5. The summed E-state index contributed by atoms with van der Waals surface area (Å²) in [6.07, 6.45) is 1.66. The maximum atomic E-state index is 12.9. The fourth-order valence-electron chi connectivity index (χ4n) is 4.75. The number of benzene rings is 2. The molecular formula is C27H37ClN2O4. The van der Waals surface area contributed by atoms with Gasteiger partial charge in [-0.3, -0.25) is 9.59 Å². The number of carbonyl (C=O) groups excluding carboxylic acids is 2. The minimum absolute atomic E-state index is 0. The number of piperidine rings is 1. The van der Waals surface area contributed by atoms with Crippen LogP contribution in [0.15, 0.2) is 54.6 Å². The number of aromatic hydroxyl groups is 1. The van der Waals surface area contributed by atoms with Gasteiger partial charge < -0.3 is 20.1 Å². The molecule has 0 aliphatic carbocycles. The largest absolute Gasteiger partial charge is 0.508 e. The van der Waals surface area contributed by atoms with Crippen LogP contribution in [0.5, 0.6) is 5.75 Å². The van der Waals surface area contributed by atoms with E-state index in [9.17, 15) is 14.7 Å². The number of ether oxygens (including phenoxy) is 1. The molecular weight excluding hydrogens is 452 g/mol. The molecule has 3 atom stereocenters. The smallest absolute Gasteiger partial charge is 0.325 e. The third-order valence-corrected chi connectivity index (χ3v) is 7.04. The van der Waals surface area contributed by atoms with Crippen LogP contribution in [-0.4, -0.2) is 54.7 Å². The van der Waals surface area contributed by atoms with Gasteiger partial charge in [-0.25, -0.2) is 0 Å². The molecule has 0 radical (unpaired) electrons. The quantitative estimate of drug-likeness (QED) is 0.515. The molecule has 1 aliphatic heterocycles. The predicted molar refractivity (Wildman–Crippen MR) is 136 cm³/mol. The first-order valence-electron chi connectivity index (χ1n) is 11.8. The van der Waals surface area contributed by atoms with E-state index in [2.05, 4.69) is 30.1 Å². The van der Waals surface area contributed by atoms with Gasteiger partial charge in [0.25, 0.3) is 0 Å². The topological polar surface area (TPSA) is 78.9 Å². The van der Waals surface area contributed by atoms with Crippen molar-refractivity contribution in [1.82, 2.24) is 10.2 Å². The Bertz CT molecular complexity index is 939. The van der Waals surface area contributed by atoms with Crippen LogP contribution in [0.25, 0.3) is 0 Å². The van der Waals surface area contributed by atoms with Crippen LogP contribution < -0.4 is 5.32 Å². The Morgan fingerprint density at radius 1 is 1.21 bits per heavy atom. The van der Waals surface area contributed by atoms with Crippen LogP contribution >= 0.6 is 12.4 Å². The van der Waals surface area contributed by atoms with E-state index in [0.29, 0.717) is 24.7 Å². The van der Waals surface area contributed by atoms with Gasteiger partial charge in [-0.15, -0.1) is 12.4 Å². The average Bonchev–Trinajstić information content (AvgIpc) is 2.81. The third-order valence-electron chi connectivity index (χ3n) is 7.04. The summed E-state index contributed by atoms with van der Waals surface area (Å²) in [4.78, 5) is 27.1. The number of phenols is 1. The average molecular weight is 489 g/mol. The van der Waals surface area contributed by atoms with Gasteiger partial charge in [0.05, 0.1) is 12.5 Å². The summed E-state index contributed by atoms with van der Waals surface area (Å²) in [5.41, 5.74) is 2.13. The molecule has 2 aromatic carbocycles. The molecule has 0 spiro atoms. The number of esters is 1. The van der Waals surface area contributed by atoms with Crippen LogP contribution in [0.4, 0.5) is 0 Å². The van der Waals surface area contributed by atoms with Crippen LogP contribution in [0, 0.1) is 5.92 Å². The number of phenolic OH excluding ortho intramolecular Hbond substituents is 1. The zero-order chi connectivity index (χ0) is 23.8. The van der Waals surface area contributed by atoms with Gasteiger partial charge in [0, 0.05) is 6.54 Å². The van der Waals surface area contributed by atoms with E-state index in [1.54, 1.807) is 13.0 Å². The number of likely N-dealkylation sites (tertiary alicyclic amines) is 1. The summed E-state index contributed by atoms with van der Waals surface area (Å²) in [5, 5.41) is 12.7. The Hall–Kier alpha value is -2.57. The zero-order valence-electron chi connectivity index (χ0n) is 20.3. The monoisotopic (exact) mass is 488 g/mol. The van der Waals surface area contributed by atoms with Gasteiger partial charge in [-0.2, -0.15) is 0 Å². The normalized spacial score (nSPS) is 21.2. The van der Waals surface area contributed by atoms with E-state index in [0.717, 1.165) is 31.6 Å². The molecule has 1 amide bonds. The highest BCUT2D eigenvalue weighted by Gasteiger charge is 2.38. The van der Waals surface area contributed by atoms with Gasteiger partial charge in [-0.1, -0.05) is 56.3 Å². The number of hydrogen-bond donors (Lipinski definition) is 2. The number of rotatable bonds is 9. The van der Waals surface area contributed by atoms with Crippen molar-refractivity contribution in [2.75, 3.05) is 32.8 Å². The molecule has 3 unspecified atom stereocenters. The molecule has 0 saturated carbocycles. The van der Waals surface area contributed by atoms with Gasteiger partial charge >= 0.3 is 5.97 Å². The van der Waals surface area contributed by atoms with E-state index in [4.69, 9.17) is 4.74 Å². The second kappa shape index (κ2) is 12.8. The Labute approximate surface area is 209 Å². The number of nitrogens with zero attached hydrogens (tertiary/aromatic N) is 1. The maximum absolute atomic E-state index is 12.9. The van der Waals surface area contributed by atoms with Crippen molar-refractivity contribution in [2.24, 2.45) is 5.92 Å². The SMILES string of the molecule is CCOC(=O)CNC(=O)C(CCN1CCC(C)(c2cccc(O)c2)C(C)C1)c1ccccc1.Cl. The Morgan fingerprint density at radius 3 is 2.59 bits per heavy atom. The molecule has 0 bridgehead atoms. The van der Waals surface area contributed by atoms with Crippen molar-refractivity contribution in [2.45, 2.75) is 44.9 Å². The molecule has 1 fully saturated rings. The van der Waals surface area contributed by atoms with Crippen molar-refractivity contribution >= 4 is 24.3 Å².